The second-order valence-corrected chi connectivity index (χ2v) is 5.67. The van der Waals surface area contributed by atoms with Crippen LogP contribution in [-0.2, 0) is 4.74 Å². The first-order chi connectivity index (χ1) is 10.6. The highest BCUT2D eigenvalue weighted by Crippen LogP contribution is 2.37. The maximum Gasteiger partial charge on any atom is 0.348 e. The number of thiophene rings is 1. The van der Waals surface area contributed by atoms with E-state index in [-0.39, 0.29) is 39.1 Å². The molecule has 112 valence electrons. The van der Waals surface area contributed by atoms with Gasteiger partial charge in [-0.1, -0.05) is 12.1 Å². The first kappa shape index (κ1) is 14.5. The summed E-state index contributed by atoms with van der Waals surface area (Å²) in [6, 6.07) is 6.31. The number of carbonyl (C=O) groups excluding carboxylic acids is 3. The predicted molar refractivity (Wildman–Crippen MR) is 80.1 cm³/mol. The van der Waals surface area contributed by atoms with E-state index in [9.17, 15) is 14.4 Å². The zero-order chi connectivity index (χ0) is 15.9. The highest BCUT2D eigenvalue weighted by Gasteiger charge is 2.35. The van der Waals surface area contributed by atoms with E-state index in [2.05, 4.69) is 0 Å². The van der Waals surface area contributed by atoms with Gasteiger partial charge < -0.3 is 9.47 Å². The standard InChI is InChI=1S/C16H12O5S/c1-3-21-16(19)11-7-9-13(17)8-5-4-6-10(20-2)12(8)14(18)15(9)22-11/h4-7H,3H2,1-2H3. The van der Waals surface area contributed by atoms with E-state index in [0.717, 1.165) is 11.3 Å². The van der Waals surface area contributed by atoms with E-state index in [1.807, 2.05) is 0 Å². The third kappa shape index (κ3) is 2.03. The summed E-state index contributed by atoms with van der Waals surface area (Å²) in [6.07, 6.45) is 0. The zero-order valence-electron chi connectivity index (χ0n) is 12.0. The lowest BCUT2D eigenvalue weighted by molar-refractivity contribution is 0.0532. The predicted octanol–water partition coefficient (Wildman–Crippen LogP) is 2.71. The number of ether oxygens (including phenoxy) is 2. The Balaban J connectivity index is 2.15. The molecule has 3 rings (SSSR count). The fraction of sp³-hybridized carbons (Fsp3) is 0.188. The van der Waals surface area contributed by atoms with Crippen molar-refractivity contribution in [3.05, 3.63) is 50.7 Å². The molecular formula is C16H12O5S. The SMILES string of the molecule is CCOC(=O)c1cc2c(s1)C(=O)c1c(OC)cccc1C2=O. The van der Waals surface area contributed by atoms with Crippen molar-refractivity contribution in [1.82, 2.24) is 0 Å². The number of benzene rings is 1. The van der Waals surface area contributed by atoms with E-state index in [1.54, 1.807) is 25.1 Å². The average Bonchev–Trinajstić information content (AvgIpc) is 2.98. The lowest BCUT2D eigenvalue weighted by Crippen LogP contribution is -2.19. The van der Waals surface area contributed by atoms with Crippen LogP contribution in [0.25, 0.3) is 0 Å². The summed E-state index contributed by atoms with van der Waals surface area (Å²) in [7, 11) is 1.45. The van der Waals surface area contributed by atoms with Gasteiger partial charge in [-0.2, -0.15) is 0 Å². The van der Waals surface area contributed by atoms with Gasteiger partial charge in [0.1, 0.15) is 10.6 Å². The summed E-state index contributed by atoms with van der Waals surface area (Å²) < 4.78 is 10.1. The van der Waals surface area contributed by atoms with Crippen molar-refractivity contribution < 1.29 is 23.9 Å². The van der Waals surface area contributed by atoms with Crippen LogP contribution in [-0.4, -0.2) is 31.3 Å². The summed E-state index contributed by atoms with van der Waals surface area (Å²) in [5, 5.41) is 0. The van der Waals surface area contributed by atoms with Crippen LogP contribution >= 0.6 is 11.3 Å². The van der Waals surface area contributed by atoms with Crippen molar-refractivity contribution in [3.63, 3.8) is 0 Å². The molecular weight excluding hydrogens is 304 g/mol. The minimum atomic E-state index is -0.529. The Morgan fingerprint density at radius 2 is 1.95 bits per heavy atom. The summed E-state index contributed by atoms with van der Waals surface area (Å²) in [5.41, 5.74) is 0.795. The molecule has 0 saturated carbocycles. The molecule has 0 atom stereocenters. The summed E-state index contributed by atoms with van der Waals surface area (Å²) in [6.45, 7) is 1.93. The lowest BCUT2D eigenvalue weighted by Gasteiger charge is -2.16. The quantitative estimate of drug-likeness (QED) is 0.695. The maximum atomic E-state index is 12.7. The van der Waals surface area contributed by atoms with E-state index in [4.69, 9.17) is 9.47 Å². The fourth-order valence-corrected chi connectivity index (χ4v) is 3.41. The Morgan fingerprint density at radius 1 is 1.18 bits per heavy atom. The number of methoxy groups -OCH3 is 1. The highest BCUT2D eigenvalue weighted by molar-refractivity contribution is 7.16. The normalized spacial score (nSPS) is 12.6. The monoisotopic (exact) mass is 316 g/mol. The molecule has 1 aromatic heterocycles. The molecule has 0 amide bonds. The van der Waals surface area contributed by atoms with Gasteiger partial charge in [-0.05, 0) is 19.1 Å². The summed E-state index contributed by atoms with van der Waals surface area (Å²) >= 11 is 0.978. The van der Waals surface area contributed by atoms with E-state index < -0.39 is 5.97 Å². The average molecular weight is 316 g/mol. The van der Waals surface area contributed by atoms with Crippen LogP contribution < -0.4 is 4.74 Å². The molecule has 0 spiro atoms. The van der Waals surface area contributed by atoms with Crippen molar-refractivity contribution in [2.24, 2.45) is 0 Å². The molecule has 0 bridgehead atoms. The van der Waals surface area contributed by atoms with Crippen LogP contribution in [0.3, 0.4) is 0 Å². The smallest absolute Gasteiger partial charge is 0.348 e. The molecule has 0 saturated heterocycles. The van der Waals surface area contributed by atoms with Gasteiger partial charge in [0.25, 0.3) is 0 Å². The molecule has 1 aliphatic rings. The third-order valence-electron chi connectivity index (χ3n) is 3.38. The van der Waals surface area contributed by atoms with E-state index >= 15 is 0 Å². The number of hydrogen-bond acceptors (Lipinski definition) is 6. The Morgan fingerprint density at radius 3 is 2.64 bits per heavy atom. The molecule has 1 heterocycles. The van der Waals surface area contributed by atoms with Crippen LogP contribution in [0.2, 0.25) is 0 Å². The molecule has 0 N–H and O–H groups in total. The summed E-state index contributed by atoms with van der Waals surface area (Å²) in [5.74, 6) is -0.760. The molecule has 0 unspecified atom stereocenters. The molecule has 6 heteroatoms. The van der Waals surface area contributed by atoms with Crippen molar-refractivity contribution >= 4 is 28.9 Å². The number of rotatable bonds is 3. The Bertz CT molecular complexity index is 803. The minimum Gasteiger partial charge on any atom is -0.496 e. The number of carbonyl (C=O) groups is 3. The van der Waals surface area contributed by atoms with Gasteiger partial charge in [0.15, 0.2) is 5.78 Å². The number of fused-ring (bicyclic) bond motifs is 2. The molecule has 1 aromatic carbocycles. The van der Waals surface area contributed by atoms with Crippen LogP contribution in [0.15, 0.2) is 24.3 Å². The van der Waals surface area contributed by atoms with Gasteiger partial charge in [-0.15, -0.1) is 11.3 Å². The van der Waals surface area contributed by atoms with Crippen molar-refractivity contribution in [1.29, 1.82) is 0 Å². The second-order valence-electron chi connectivity index (χ2n) is 4.62. The molecule has 22 heavy (non-hydrogen) atoms. The van der Waals surface area contributed by atoms with E-state index in [1.165, 1.54) is 13.2 Å². The Hall–Kier alpha value is -2.47. The van der Waals surface area contributed by atoms with Crippen LogP contribution in [0.5, 0.6) is 5.75 Å². The van der Waals surface area contributed by atoms with Crippen molar-refractivity contribution in [3.8, 4) is 5.75 Å². The van der Waals surface area contributed by atoms with Crippen molar-refractivity contribution in [2.45, 2.75) is 6.92 Å². The zero-order valence-corrected chi connectivity index (χ0v) is 12.8. The first-order valence-electron chi connectivity index (χ1n) is 6.65. The van der Waals surface area contributed by atoms with E-state index in [0.29, 0.717) is 11.3 Å². The molecule has 5 nitrogen and oxygen atoms in total. The van der Waals surface area contributed by atoms with Crippen LogP contribution in [0.1, 0.15) is 47.8 Å². The van der Waals surface area contributed by atoms with Crippen LogP contribution in [0, 0.1) is 0 Å². The van der Waals surface area contributed by atoms with Gasteiger partial charge in [0.05, 0.1) is 24.2 Å². The van der Waals surface area contributed by atoms with Crippen molar-refractivity contribution in [2.75, 3.05) is 13.7 Å². The van der Waals surface area contributed by atoms with Crippen LogP contribution in [0.4, 0.5) is 0 Å². The highest BCUT2D eigenvalue weighted by atomic mass is 32.1. The topological polar surface area (TPSA) is 69.7 Å². The van der Waals surface area contributed by atoms with Gasteiger partial charge >= 0.3 is 5.97 Å². The molecule has 1 aliphatic carbocycles. The van der Waals surface area contributed by atoms with Gasteiger partial charge in [-0.3, -0.25) is 9.59 Å². The van der Waals surface area contributed by atoms with Gasteiger partial charge in [0, 0.05) is 11.1 Å². The largest absolute Gasteiger partial charge is 0.496 e. The maximum absolute atomic E-state index is 12.7. The Kier molecular flexibility index (Phi) is 3.54. The number of hydrogen-bond donors (Lipinski definition) is 0. The molecule has 2 aromatic rings. The van der Waals surface area contributed by atoms with Gasteiger partial charge in [-0.25, -0.2) is 4.79 Å². The van der Waals surface area contributed by atoms with Gasteiger partial charge in [0.2, 0.25) is 5.78 Å². The minimum absolute atomic E-state index is 0.233. The fourth-order valence-electron chi connectivity index (χ4n) is 2.41. The molecule has 0 fully saturated rings. The third-order valence-corrected chi connectivity index (χ3v) is 4.49. The lowest BCUT2D eigenvalue weighted by atomic mass is 9.88. The first-order valence-corrected chi connectivity index (χ1v) is 7.47. The number of esters is 1. The molecule has 0 aliphatic heterocycles. The molecule has 0 radical (unpaired) electrons. The second kappa shape index (κ2) is 5.38. The summed E-state index contributed by atoms with van der Waals surface area (Å²) in [4.78, 5) is 37.5. The number of ketones is 2. The Labute approximate surface area is 130 Å².